The molecular weight excluding hydrogens is 440 g/mol. The first-order chi connectivity index (χ1) is 17.1. The number of hydrogen-bond donors (Lipinski definition) is 1. The largest absolute Gasteiger partial charge is 0.497 e. The Morgan fingerprint density at radius 3 is 2.34 bits per heavy atom. The van der Waals surface area contributed by atoms with Crippen LogP contribution >= 0.6 is 0 Å². The molecule has 0 unspecified atom stereocenters. The van der Waals surface area contributed by atoms with Gasteiger partial charge in [-0.25, -0.2) is 0 Å². The van der Waals surface area contributed by atoms with E-state index in [4.69, 9.17) is 9.47 Å². The van der Waals surface area contributed by atoms with Crippen molar-refractivity contribution in [3.63, 3.8) is 0 Å². The average Bonchev–Trinajstić information content (AvgIpc) is 3.31. The van der Waals surface area contributed by atoms with Gasteiger partial charge < -0.3 is 14.8 Å². The van der Waals surface area contributed by atoms with E-state index in [9.17, 15) is 4.79 Å². The van der Waals surface area contributed by atoms with Gasteiger partial charge in [-0.2, -0.15) is 4.80 Å². The number of nitrogens with one attached hydrogen (secondary N) is 1. The lowest BCUT2D eigenvalue weighted by Crippen LogP contribution is -2.13. The second-order valence-electron chi connectivity index (χ2n) is 8.10. The number of methoxy groups -OCH3 is 1. The van der Waals surface area contributed by atoms with Gasteiger partial charge in [-0.1, -0.05) is 36.4 Å². The summed E-state index contributed by atoms with van der Waals surface area (Å²) in [4.78, 5) is 14.6. The van der Waals surface area contributed by atoms with Crippen LogP contribution < -0.4 is 14.8 Å². The maximum Gasteiger partial charge on any atom is 0.255 e. The molecule has 0 fully saturated rings. The number of nitrogens with zero attached hydrogens (tertiary/aromatic N) is 3. The van der Waals surface area contributed by atoms with Gasteiger partial charge in [0.25, 0.3) is 5.91 Å². The highest BCUT2D eigenvalue weighted by Gasteiger charge is 2.13. The van der Waals surface area contributed by atoms with E-state index in [0.29, 0.717) is 29.1 Å². The standard InChI is InChI=1S/C28H24N4O3/c1-19-15-26-27(31-32(30-26)22-11-13-23(34-2)14-12-22)17-25(19)29-28(33)21-9-6-10-24(16-21)35-18-20-7-4-3-5-8-20/h3-17H,18H2,1-2H3,(H,29,33). The quantitative estimate of drug-likeness (QED) is 0.341. The third-order valence-electron chi connectivity index (χ3n) is 5.62. The topological polar surface area (TPSA) is 78.3 Å². The van der Waals surface area contributed by atoms with Gasteiger partial charge in [-0.3, -0.25) is 4.79 Å². The zero-order chi connectivity index (χ0) is 24.2. The number of benzene rings is 4. The molecule has 0 radical (unpaired) electrons. The van der Waals surface area contributed by atoms with Crippen molar-refractivity contribution in [3.8, 4) is 17.2 Å². The predicted octanol–water partition coefficient (Wildman–Crippen LogP) is 5.57. The Bertz CT molecular complexity index is 1480. The van der Waals surface area contributed by atoms with Crippen LogP contribution in [-0.2, 0) is 6.61 Å². The molecule has 1 amide bonds. The summed E-state index contributed by atoms with van der Waals surface area (Å²) in [6, 6.07) is 28.3. The number of hydrogen-bond acceptors (Lipinski definition) is 5. The molecule has 0 aliphatic rings. The maximum absolute atomic E-state index is 13.0. The molecule has 174 valence electrons. The van der Waals surface area contributed by atoms with E-state index in [0.717, 1.165) is 28.1 Å². The molecule has 0 aliphatic heterocycles. The van der Waals surface area contributed by atoms with E-state index >= 15 is 0 Å². The number of amides is 1. The lowest BCUT2D eigenvalue weighted by Gasteiger charge is -2.10. The highest BCUT2D eigenvalue weighted by atomic mass is 16.5. The second kappa shape index (κ2) is 9.69. The van der Waals surface area contributed by atoms with Crippen molar-refractivity contribution in [2.45, 2.75) is 13.5 Å². The summed E-state index contributed by atoms with van der Waals surface area (Å²) in [6.07, 6.45) is 0. The highest BCUT2D eigenvalue weighted by Crippen LogP contribution is 2.24. The Kier molecular flexibility index (Phi) is 6.13. The van der Waals surface area contributed by atoms with Crippen molar-refractivity contribution >= 4 is 22.6 Å². The molecule has 4 aromatic carbocycles. The fourth-order valence-electron chi connectivity index (χ4n) is 3.70. The molecule has 1 aromatic heterocycles. The van der Waals surface area contributed by atoms with Gasteiger partial charge in [0, 0.05) is 11.3 Å². The molecule has 0 saturated heterocycles. The van der Waals surface area contributed by atoms with Crippen LogP contribution in [0.25, 0.3) is 16.7 Å². The summed E-state index contributed by atoms with van der Waals surface area (Å²) < 4.78 is 11.1. The number of fused-ring (bicyclic) bond motifs is 1. The zero-order valence-electron chi connectivity index (χ0n) is 19.4. The van der Waals surface area contributed by atoms with Crippen molar-refractivity contribution in [3.05, 3.63) is 108 Å². The monoisotopic (exact) mass is 464 g/mol. The number of carbonyl (C=O) groups is 1. The Hall–Kier alpha value is -4.65. The summed E-state index contributed by atoms with van der Waals surface area (Å²) in [7, 11) is 1.63. The molecule has 5 aromatic rings. The first-order valence-corrected chi connectivity index (χ1v) is 11.2. The van der Waals surface area contributed by atoms with Crippen molar-refractivity contribution in [1.82, 2.24) is 15.0 Å². The lowest BCUT2D eigenvalue weighted by molar-refractivity contribution is 0.102. The third-order valence-corrected chi connectivity index (χ3v) is 5.62. The van der Waals surface area contributed by atoms with Crippen molar-refractivity contribution in [2.24, 2.45) is 0 Å². The van der Waals surface area contributed by atoms with E-state index in [1.807, 2.05) is 85.8 Å². The van der Waals surface area contributed by atoms with Crippen LogP contribution in [-0.4, -0.2) is 28.0 Å². The van der Waals surface area contributed by atoms with Gasteiger partial charge in [0.1, 0.15) is 29.1 Å². The normalized spacial score (nSPS) is 10.8. The lowest BCUT2D eigenvalue weighted by atomic mass is 10.1. The minimum Gasteiger partial charge on any atom is -0.497 e. The minimum atomic E-state index is -0.222. The van der Waals surface area contributed by atoms with E-state index in [2.05, 4.69) is 15.5 Å². The van der Waals surface area contributed by atoms with Crippen LogP contribution in [0.15, 0.2) is 91.0 Å². The van der Waals surface area contributed by atoms with Crippen LogP contribution in [0.1, 0.15) is 21.5 Å². The number of aromatic nitrogens is 3. The summed E-state index contributed by atoms with van der Waals surface area (Å²) in [6.45, 7) is 2.37. The molecule has 7 nitrogen and oxygen atoms in total. The second-order valence-corrected chi connectivity index (χ2v) is 8.10. The fraction of sp³-hybridized carbons (Fsp3) is 0.107. The molecule has 1 N–H and O–H groups in total. The Morgan fingerprint density at radius 2 is 1.60 bits per heavy atom. The van der Waals surface area contributed by atoms with Crippen LogP contribution in [0.2, 0.25) is 0 Å². The number of anilines is 1. The smallest absolute Gasteiger partial charge is 0.255 e. The van der Waals surface area contributed by atoms with Gasteiger partial charge in [0.2, 0.25) is 0 Å². The fourth-order valence-corrected chi connectivity index (χ4v) is 3.70. The number of carbonyl (C=O) groups excluding carboxylic acids is 1. The maximum atomic E-state index is 13.0. The van der Waals surface area contributed by atoms with Crippen LogP contribution in [0.4, 0.5) is 5.69 Å². The van der Waals surface area contributed by atoms with Crippen molar-refractivity contribution in [1.29, 1.82) is 0 Å². The molecule has 7 heteroatoms. The summed E-state index contributed by atoms with van der Waals surface area (Å²) >= 11 is 0. The van der Waals surface area contributed by atoms with Crippen molar-refractivity contribution in [2.75, 3.05) is 12.4 Å². The third kappa shape index (κ3) is 4.99. The van der Waals surface area contributed by atoms with Gasteiger partial charge >= 0.3 is 0 Å². The highest BCUT2D eigenvalue weighted by molar-refractivity contribution is 6.05. The Labute approximate surface area is 202 Å². The predicted molar refractivity (Wildman–Crippen MR) is 135 cm³/mol. The minimum absolute atomic E-state index is 0.222. The molecule has 5 rings (SSSR count). The SMILES string of the molecule is COc1ccc(-n2nc3cc(C)c(NC(=O)c4cccc(OCc5ccccc5)c4)cc3n2)cc1. The molecule has 0 bridgehead atoms. The average molecular weight is 465 g/mol. The summed E-state index contributed by atoms with van der Waals surface area (Å²) in [5, 5.41) is 12.1. The number of ether oxygens (including phenoxy) is 2. The Morgan fingerprint density at radius 1 is 0.857 bits per heavy atom. The first kappa shape index (κ1) is 22.2. The molecule has 0 saturated carbocycles. The first-order valence-electron chi connectivity index (χ1n) is 11.2. The van der Waals surface area contributed by atoms with E-state index in [1.54, 1.807) is 24.0 Å². The summed E-state index contributed by atoms with van der Waals surface area (Å²) in [5.74, 6) is 1.18. The van der Waals surface area contributed by atoms with Crippen molar-refractivity contribution < 1.29 is 14.3 Å². The number of rotatable bonds is 7. The summed E-state index contributed by atoms with van der Waals surface area (Å²) in [5.41, 5.74) is 5.39. The van der Waals surface area contributed by atoms with Crippen LogP contribution in [0.5, 0.6) is 11.5 Å². The van der Waals surface area contributed by atoms with Gasteiger partial charge in [-0.15, -0.1) is 10.2 Å². The molecule has 0 atom stereocenters. The molecule has 1 heterocycles. The van der Waals surface area contributed by atoms with E-state index < -0.39 is 0 Å². The molecule has 0 aliphatic carbocycles. The molecule has 35 heavy (non-hydrogen) atoms. The molecule has 0 spiro atoms. The molecular formula is C28H24N4O3. The Balaban J connectivity index is 1.33. The zero-order valence-corrected chi connectivity index (χ0v) is 19.4. The van der Waals surface area contributed by atoms with E-state index in [-0.39, 0.29) is 5.91 Å². The van der Waals surface area contributed by atoms with Gasteiger partial charge in [0.15, 0.2) is 0 Å². The van der Waals surface area contributed by atoms with Crippen LogP contribution in [0, 0.1) is 6.92 Å². The van der Waals surface area contributed by atoms with Gasteiger partial charge in [0.05, 0.1) is 12.8 Å². The number of aryl methyl sites for hydroxylation is 1. The van der Waals surface area contributed by atoms with Crippen LogP contribution in [0.3, 0.4) is 0 Å². The van der Waals surface area contributed by atoms with E-state index in [1.165, 1.54) is 0 Å². The van der Waals surface area contributed by atoms with Gasteiger partial charge in [-0.05, 0) is 72.6 Å².